The fourth-order valence-corrected chi connectivity index (χ4v) is 9.77. The van der Waals surface area contributed by atoms with Gasteiger partial charge in [-0.3, -0.25) is 0 Å². The molecule has 0 aromatic rings. The second-order valence-corrected chi connectivity index (χ2v) is 14.5. The first kappa shape index (κ1) is 24.5. The summed E-state index contributed by atoms with van der Waals surface area (Å²) < 4.78 is 26.3. The number of unbranched alkanes of at least 4 members (excludes halogenated alkanes) is 5. The normalized spacial score (nSPS) is 12.7. The molecule has 0 saturated carbocycles. The third-order valence-corrected chi connectivity index (χ3v) is 11.8. The molecule has 0 atom stereocenters. The van der Waals surface area contributed by atoms with Crippen LogP contribution in [-0.4, -0.2) is 37.0 Å². The lowest BCUT2D eigenvalue weighted by molar-refractivity contribution is 0.562. The summed E-state index contributed by atoms with van der Waals surface area (Å²) in [4.78, 5) is 0. The van der Waals surface area contributed by atoms with Gasteiger partial charge in [0.1, 0.15) is 0 Å². The highest BCUT2D eigenvalue weighted by molar-refractivity contribution is 7.64. The van der Waals surface area contributed by atoms with Crippen LogP contribution in [0, 0.1) is 0 Å². The number of hydrogen-bond donors (Lipinski definition) is 0. The first-order valence-corrected chi connectivity index (χ1v) is 15.1. The Kier molecular flexibility index (Phi) is 14.9. The maximum absolute atomic E-state index is 13.1. The lowest BCUT2D eigenvalue weighted by Crippen LogP contribution is -2.04. The van der Waals surface area contributed by atoms with Gasteiger partial charge in [-0.1, -0.05) is 53.4 Å². The highest BCUT2D eigenvalue weighted by Gasteiger charge is 2.23. The molecule has 0 saturated heterocycles. The van der Waals surface area contributed by atoms with Crippen LogP contribution in [0.2, 0.25) is 0 Å². The Hall–Kier alpha value is 0.460. The topological polar surface area (TPSA) is 34.1 Å². The minimum Gasteiger partial charge on any atom is -0.324 e. The second-order valence-electron chi connectivity index (χ2n) is 7.58. The predicted molar refractivity (Wildman–Crippen MR) is 113 cm³/mol. The van der Waals surface area contributed by atoms with Crippen molar-refractivity contribution in [3.05, 3.63) is 0 Å². The Morgan fingerprint density at radius 2 is 0.625 bits per heavy atom. The maximum atomic E-state index is 13.1. The van der Waals surface area contributed by atoms with E-state index < -0.39 is 14.3 Å². The van der Waals surface area contributed by atoms with Gasteiger partial charge < -0.3 is 9.13 Å². The lowest BCUT2D eigenvalue weighted by atomic mass is 10.4. The lowest BCUT2D eigenvalue weighted by Gasteiger charge is -2.20. The van der Waals surface area contributed by atoms with E-state index in [-0.39, 0.29) is 0 Å². The van der Waals surface area contributed by atoms with Gasteiger partial charge >= 0.3 is 0 Å². The number of rotatable bonds is 17. The van der Waals surface area contributed by atoms with Gasteiger partial charge in [0.25, 0.3) is 0 Å². The van der Waals surface area contributed by atoms with Gasteiger partial charge in [-0.2, -0.15) is 0 Å². The summed E-state index contributed by atoms with van der Waals surface area (Å²) in [6, 6.07) is 0. The van der Waals surface area contributed by atoms with E-state index in [1.807, 2.05) is 0 Å². The first-order chi connectivity index (χ1) is 11.4. The molecule has 0 spiro atoms. The van der Waals surface area contributed by atoms with Gasteiger partial charge in [0.2, 0.25) is 0 Å². The highest BCUT2D eigenvalue weighted by Crippen LogP contribution is 2.51. The molecule has 0 aliphatic rings. The van der Waals surface area contributed by atoms with E-state index in [1.165, 1.54) is 0 Å². The van der Waals surface area contributed by atoms with Crippen molar-refractivity contribution in [1.29, 1.82) is 0 Å². The molecule has 0 rings (SSSR count). The van der Waals surface area contributed by atoms with E-state index in [0.29, 0.717) is 0 Å². The Morgan fingerprint density at radius 3 is 0.833 bits per heavy atom. The molecule has 0 radical (unpaired) electrons. The van der Waals surface area contributed by atoms with Crippen molar-refractivity contribution in [2.75, 3.05) is 37.0 Å². The molecule has 0 amide bonds. The molecule has 146 valence electrons. The van der Waals surface area contributed by atoms with Crippen molar-refractivity contribution in [3.63, 3.8) is 0 Å². The standard InChI is InChI=1S/C20H44O2P2/c1-5-9-15-23(21,16-10-6-2)19-13-14-20-24(22,17-11-7-3)18-12-8-4/h5-20H2,1-4H3. The molecule has 0 heterocycles. The zero-order valence-electron chi connectivity index (χ0n) is 17.0. The Balaban J connectivity index is 4.39. The SMILES string of the molecule is CCCCP(=O)(CCCC)CCCCP(=O)(CCCC)CCCC. The van der Waals surface area contributed by atoms with Gasteiger partial charge in [0.05, 0.1) is 14.3 Å². The minimum absolute atomic E-state index is 0.897. The van der Waals surface area contributed by atoms with E-state index in [0.717, 1.165) is 101 Å². The molecule has 24 heavy (non-hydrogen) atoms. The van der Waals surface area contributed by atoms with E-state index in [2.05, 4.69) is 27.7 Å². The van der Waals surface area contributed by atoms with Crippen molar-refractivity contribution < 1.29 is 9.13 Å². The Labute approximate surface area is 152 Å². The number of hydrogen-bond acceptors (Lipinski definition) is 2. The molecule has 0 bridgehead atoms. The average Bonchev–Trinajstić information content (AvgIpc) is 2.59. The maximum Gasteiger partial charge on any atom is 0.0877 e. The Bertz CT molecular complexity index is 320. The zero-order valence-corrected chi connectivity index (χ0v) is 18.8. The van der Waals surface area contributed by atoms with Gasteiger partial charge in [-0.05, 0) is 38.5 Å². The summed E-state index contributed by atoms with van der Waals surface area (Å²) in [6.07, 6.45) is 16.6. The summed E-state index contributed by atoms with van der Waals surface area (Å²) in [7, 11) is -3.93. The van der Waals surface area contributed by atoms with Gasteiger partial charge in [-0.15, -0.1) is 0 Å². The summed E-state index contributed by atoms with van der Waals surface area (Å²) in [5.74, 6) is 0. The van der Waals surface area contributed by atoms with Crippen LogP contribution in [0.25, 0.3) is 0 Å². The largest absolute Gasteiger partial charge is 0.324 e. The summed E-state index contributed by atoms with van der Waals surface area (Å²) in [5.41, 5.74) is 0. The predicted octanol–water partition coefficient (Wildman–Crippen LogP) is 7.69. The van der Waals surface area contributed by atoms with E-state index in [9.17, 15) is 9.13 Å². The Morgan fingerprint density at radius 1 is 0.417 bits per heavy atom. The fourth-order valence-electron chi connectivity index (χ4n) is 3.26. The van der Waals surface area contributed by atoms with Gasteiger partial charge in [0.15, 0.2) is 0 Å². The zero-order chi connectivity index (χ0) is 18.3. The average molecular weight is 379 g/mol. The van der Waals surface area contributed by atoms with Crippen molar-refractivity contribution in [1.82, 2.24) is 0 Å². The molecule has 0 fully saturated rings. The van der Waals surface area contributed by atoms with Crippen LogP contribution in [0.15, 0.2) is 0 Å². The monoisotopic (exact) mass is 378 g/mol. The van der Waals surface area contributed by atoms with Crippen LogP contribution in [0.3, 0.4) is 0 Å². The highest BCUT2D eigenvalue weighted by atomic mass is 31.2. The summed E-state index contributed by atoms with van der Waals surface area (Å²) in [6.45, 7) is 8.73. The van der Waals surface area contributed by atoms with Crippen LogP contribution >= 0.6 is 14.3 Å². The molecular formula is C20H44O2P2. The van der Waals surface area contributed by atoms with Crippen molar-refractivity contribution in [3.8, 4) is 0 Å². The van der Waals surface area contributed by atoms with Crippen LogP contribution in [-0.2, 0) is 9.13 Å². The molecule has 0 unspecified atom stereocenters. The van der Waals surface area contributed by atoms with Crippen LogP contribution < -0.4 is 0 Å². The fraction of sp³-hybridized carbons (Fsp3) is 1.00. The van der Waals surface area contributed by atoms with Crippen molar-refractivity contribution in [2.24, 2.45) is 0 Å². The second kappa shape index (κ2) is 14.6. The molecule has 2 nitrogen and oxygen atoms in total. The van der Waals surface area contributed by atoms with Crippen molar-refractivity contribution >= 4 is 14.3 Å². The third kappa shape index (κ3) is 11.9. The van der Waals surface area contributed by atoms with Crippen LogP contribution in [0.1, 0.15) is 91.9 Å². The summed E-state index contributed by atoms with van der Waals surface area (Å²) in [5, 5.41) is 0. The van der Waals surface area contributed by atoms with Crippen molar-refractivity contribution in [2.45, 2.75) is 91.9 Å². The molecular weight excluding hydrogens is 334 g/mol. The third-order valence-electron chi connectivity index (χ3n) is 5.06. The van der Waals surface area contributed by atoms with E-state index >= 15 is 0 Å². The minimum atomic E-state index is -1.97. The van der Waals surface area contributed by atoms with Crippen LogP contribution in [0.4, 0.5) is 0 Å². The summed E-state index contributed by atoms with van der Waals surface area (Å²) >= 11 is 0. The molecule has 0 aliphatic heterocycles. The van der Waals surface area contributed by atoms with E-state index in [4.69, 9.17) is 0 Å². The molecule has 0 aliphatic carbocycles. The molecule has 0 aromatic carbocycles. The van der Waals surface area contributed by atoms with Crippen LogP contribution in [0.5, 0.6) is 0 Å². The molecule has 0 N–H and O–H groups in total. The quantitative estimate of drug-likeness (QED) is 0.192. The van der Waals surface area contributed by atoms with Gasteiger partial charge in [-0.25, -0.2) is 0 Å². The smallest absolute Gasteiger partial charge is 0.0877 e. The molecule has 4 heteroatoms. The first-order valence-electron chi connectivity index (χ1n) is 10.6. The van der Waals surface area contributed by atoms with E-state index in [1.54, 1.807) is 0 Å². The molecule has 0 aromatic heterocycles. The van der Waals surface area contributed by atoms with Gasteiger partial charge in [0, 0.05) is 37.0 Å².